The van der Waals surface area contributed by atoms with E-state index in [1.54, 1.807) is 18.4 Å². The van der Waals surface area contributed by atoms with Crippen LogP contribution in [-0.2, 0) is 22.4 Å². The van der Waals surface area contributed by atoms with Gasteiger partial charge in [-0.2, -0.15) is 0 Å². The summed E-state index contributed by atoms with van der Waals surface area (Å²) in [5.41, 5.74) is 5.02. The van der Waals surface area contributed by atoms with Crippen LogP contribution in [0.25, 0.3) is 11.0 Å². The molecule has 0 saturated carbocycles. The van der Waals surface area contributed by atoms with Gasteiger partial charge in [-0.1, -0.05) is 24.3 Å². The van der Waals surface area contributed by atoms with Crippen molar-refractivity contribution in [2.24, 2.45) is 0 Å². The van der Waals surface area contributed by atoms with Gasteiger partial charge in [-0.3, -0.25) is 4.79 Å². The van der Waals surface area contributed by atoms with Crippen LogP contribution >= 0.6 is 0 Å². The van der Waals surface area contributed by atoms with Crippen LogP contribution in [0.15, 0.2) is 47.1 Å². The van der Waals surface area contributed by atoms with E-state index in [9.17, 15) is 9.59 Å². The standard InChI is InChI=1S/C22H23NO5/c1-14-3-8-19-17(12-28-22(19)15(14)2)11-20(24)23-10-9-16-4-6-18(7-5-16)27-13-21(25)26/h3-8,12H,9-11,13H2,1-2H3,(H,23,24)(H,25,26). The van der Waals surface area contributed by atoms with Crippen molar-refractivity contribution in [2.45, 2.75) is 26.7 Å². The maximum atomic E-state index is 12.3. The normalized spacial score (nSPS) is 10.8. The molecule has 0 aliphatic heterocycles. The minimum Gasteiger partial charge on any atom is -0.482 e. The number of fused-ring (bicyclic) bond motifs is 1. The van der Waals surface area contributed by atoms with Gasteiger partial charge in [0, 0.05) is 17.5 Å². The largest absolute Gasteiger partial charge is 0.482 e. The van der Waals surface area contributed by atoms with Crippen molar-refractivity contribution in [2.75, 3.05) is 13.2 Å². The van der Waals surface area contributed by atoms with Gasteiger partial charge in [0.05, 0.1) is 12.7 Å². The summed E-state index contributed by atoms with van der Waals surface area (Å²) in [6.45, 7) is 4.21. The predicted molar refractivity (Wildman–Crippen MR) is 106 cm³/mol. The fourth-order valence-corrected chi connectivity index (χ4v) is 3.00. The number of carbonyl (C=O) groups excluding carboxylic acids is 1. The fourth-order valence-electron chi connectivity index (χ4n) is 3.00. The molecule has 6 heteroatoms. The van der Waals surface area contributed by atoms with Crippen LogP contribution in [-0.4, -0.2) is 30.1 Å². The fraction of sp³-hybridized carbons (Fsp3) is 0.273. The number of aliphatic carboxylic acids is 1. The zero-order chi connectivity index (χ0) is 20.1. The molecule has 0 bridgehead atoms. The van der Waals surface area contributed by atoms with Gasteiger partial charge in [0.2, 0.25) is 5.91 Å². The molecular formula is C22H23NO5. The number of furan rings is 1. The molecule has 2 N–H and O–H groups in total. The highest BCUT2D eigenvalue weighted by molar-refractivity contribution is 5.89. The Hall–Kier alpha value is -3.28. The molecular weight excluding hydrogens is 358 g/mol. The van der Waals surface area contributed by atoms with Crippen molar-refractivity contribution in [1.29, 1.82) is 0 Å². The Kier molecular flexibility index (Phi) is 5.99. The maximum absolute atomic E-state index is 12.3. The Morgan fingerprint density at radius 3 is 2.57 bits per heavy atom. The Morgan fingerprint density at radius 1 is 1.11 bits per heavy atom. The maximum Gasteiger partial charge on any atom is 0.341 e. The topological polar surface area (TPSA) is 88.8 Å². The molecule has 0 atom stereocenters. The first-order chi connectivity index (χ1) is 13.4. The quantitative estimate of drug-likeness (QED) is 0.624. The van der Waals surface area contributed by atoms with E-state index < -0.39 is 5.97 Å². The Labute approximate surface area is 163 Å². The zero-order valence-electron chi connectivity index (χ0n) is 16.0. The third kappa shape index (κ3) is 4.71. The molecule has 6 nitrogen and oxygen atoms in total. The number of rotatable bonds is 8. The van der Waals surface area contributed by atoms with Crippen LogP contribution in [0.4, 0.5) is 0 Å². The van der Waals surface area contributed by atoms with Crippen molar-refractivity contribution < 1.29 is 23.8 Å². The van der Waals surface area contributed by atoms with Crippen molar-refractivity contribution in [3.63, 3.8) is 0 Å². The van der Waals surface area contributed by atoms with E-state index >= 15 is 0 Å². The van der Waals surface area contributed by atoms with Gasteiger partial charge < -0.3 is 19.6 Å². The minimum absolute atomic E-state index is 0.0534. The van der Waals surface area contributed by atoms with Crippen LogP contribution in [0.2, 0.25) is 0 Å². The molecule has 1 amide bonds. The first-order valence-corrected chi connectivity index (χ1v) is 9.10. The molecule has 0 aliphatic rings. The zero-order valence-corrected chi connectivity index (χ0v) is 16.0. The Bertz CT molecular complexity index is 988. The van der Waals surface area contributed by atoms with E-state index in [1.807, 2.05) is 38.1 Å². The number of benzene rings is 2. The number of carboxylic acids is 1. The molecule has 0 spiro atoms. The lowest BCUT2D eigenvalue weighted by molar-refractivity contribution is -0.139. The number of nitrogens with one attached hydrogen (secondary N) is 1. The van der Waals surface area contributed by atoms with Crippen molar-refractivity contribution in [3.8, 4) is 5.75 Å². The van der Waals surface area contributed by atoms with Gasteiger partial charge >= 0.3 is 5.97 Å². The average Bonchev–Trinajstić information content (AvgIpc) is 3.07. The summed E-state index contributed by atoms with van der Waals surface area (Å²) in [5.74, 6) is -0.558. The highest BCUT2D eigenvalue weighted by atomic mass is 16.5. The van der Waals surface area contributed by atoms with Gasteiger partial charge in [-0.15, -0.1) is 0 Å². The van der Waals surface area contributed by atoms with Crippen molar-refractivity contribution in [1.82, 2.24) is 5.32 Å². The summed E-state index contributed by atoms with van der Waals surface area (Å²) < 4.78 is 10.7. The number of carboxylic acid groups (broad SMARTS) is 1. The Morgan fingerprint density at radius 2 is 1.86 bits per heavy atom. The van der Waals surface area contributed by atoms with Crippen molar-refractivity contribution in [3.05, 3.63) is 64.9 Å². The molecule has 3 rings (SSSR count). The number of hydrogen-bond acceptors (Lipinski definition) is 4. The van der Waals surface area contributed by atoms with E-state index in [-0.39, 0.29) is 18.9 Å². The number of carbonyl (C=O) groups is 2. The SMILES string of the molecule is Cc1ccc2c(CC(=O)NCCc3ccc(OCC(=O)O)cc3)coc2c1C. The molecule has 0 saturated heterocycles. The van der Waals surface area contributed by atoms with E-state index in [4.69, 9.17) is 14.3 Å². The summed E-state index contributed by atoms with van der Waals surface area (Å²) in [6.07, 6.45) is 2.61. The highest BCUT2D eigenvalue weighted by Gasteiger charge is 2.12. The molecule has 28 heavy (non-hydrogen) atoms. The first-order valence-electron chi connectivity index (χ1n) is 9.10. The van der Waals surface area contributed by atoms with Crippen molar-refractivity contribution >= 4 is 22.8 Å². The van der Waals surface area contributed by atoms with Crippen LogP contribution in [0.5, 0.6) is 5.75 Å². The predicted octanol–water partition coefficient (Wildman–Crippen LogP) is 3.41. The molecule has 146 valence electrons. The van der Waals surface area contributed by atoms with Crippen LogP contribution < -0.4 is 10.1 Å². The van der Waals surface area contributed by atoms with Gasteiger partial charge in [0.15, 0.2) is 6.61 Å². The van der Waals surface area contributed by atoms with Crippen LogP contribution in [0.1, 0.15) is 22.3 Å². The highest BCUT2D eigenvalue weighted by Crippen LogP contribution is 2.26. The molecule has 1 heterocycles. The van der Waals surface area contributed by atoms with Gasteiger partial charge in [0.25, 0.3) is 0 Å². The van der Waals surface area contributed by atoms with E-state index in [2.05, 4.69) is 5.32 Å². The molecule has 0 radical (unpaired) electrons. The molecule has 0 aliphatic carbocycles. The lowest BCUT2D eigenvalue weighted by Crippen LogP contribution is -2.27. The summed E-state index contributed by atoms with van der Waals surface area (Å²) in [6, 6.07) is 11.2. The summed E-state index contributed by atoms with van der Waals surface area (Å²) in [5, 5.41) is 12.5. The molecule has 0 fully saturated rings. The minimum atomic E-state index is -1.01. The second kappa shape index (κ2) is 8.61. The number of hydrogen-bond donors (Lipinski definition) is 2. The van der Waals surface area contributed by atoms with Crippen LogP contribution in [0, 0.1) is 13.8 Å². The summed E-state index contributed by atoms with van der Waals surface area (Å²) in [4.78, 5) is 22.8. The van der Waals surface area contributed by atoms with Gasteiger partial charge in [0.1, 0.15) is 11.3 Å². The Balaban J connectivity index is 1.50. The molecule has 2 aromatic carbocycles. The van der Waals surface area contributed by atoms with E-state index in [0.29, 0.717) is 18.7 Å². The average molecular weight is 381 g/mol. The van der Waals surface area contributed by atoms with Gasteiger partial charge in [-0.25, -0.2) is 4.79 Å². The van der Waals surface area contributed by atoms with E-state index in [0.717, 1.165) is 33.2 Å². The lowest BCUT2D eigenvalue weighted by atomic mass is 10.0. The molecule has 1 aromatic heterocycles. The number of ether oxygens (including phenoxy) is 1. The lowest BCUT2D eigenvalue weighted by Gasteiger charge is -2.07. The second-order valence-corrected chi connectivity index (χ2v) is 6.75. The third-order valence-electron chi connectivity index (χ3n) is 4.71. The third-order valence-corrected chi connectivity index (χ3v) is 4.71. The number of amides is 1. The molecule has 0 unspecified atom stereocenters. The monoisotopic (exact) mass is 381 g/mol. The second-order valence-electron chi connectivity index (χ2n) is 6.75. The van der Waals surface area contributed by atoms with E-state index in [1.165, 1.54) is 0 Å². The first kappa shape index (κ1) is 19.5. The number of aryl methyl sites for hydroxylation is 2. The van der Waals surface area contributed by atoms with Crippen LogP contribution in [0.3, 0.4) is 0 Å². The summed E-state index contributed by atoms with van der Waals surface area (Å²) in [7, 11) is 0. The molecule has 3 aromatic rings. The smallest absolute Gasteiger partial charge is 0.341 e. The van der Waals surface area contributed by atoms with Gasteiger partial charge in [-0.05, 0) is 49.1 Å². The summed E-state index contributed by atoms with van der Waals surface area (Å²) >= 11 is 0.